The monoisotopic (exact) mass is 386 g/mol. The minimum Gasteiger partial charge on any atom is -0.462 e. The maximum Gasteiger partial charge on any atom is 0.454 e. The van der Waals surface area contributed by atoms with Gasteiger partial charge in [0, 0.05) is 18.0 Å². The van der Waals surface area contributed by atoms with Crippen molar-refractivity contribution < 1.29 is 32.3 Å². The van der Waals surface area contributed by atoms with Crippen molar-refractivity contribution >= 4 is 23.3 Å². The standard InChI is InChI=1S/C18H21F3N2O4/c1-4-27-17(26)12-5-7-13(8-6-12)23-16(25)15(11(2)3)22-10-9-14(24)18(19,20)21/h5-11,15,22H,4H2,1-3H3,(H,23,25)/b10-9+. The van der Waals surface area contributed by atoms with Gasteiger partial charge in [0.05, 0.1) is 12.2 Å². The van der Waals surface area contributed by atoms with E-state index in [1.54, 1.807) is 20.8 Å². The van der Waals surface area contributed by atoms with E-state index in [1.165, 1.54) is 24.3 Å². The second-order valence-electron chi connectivity index (χ2n) is 5.87. The van der Waals surface area contributed by atoms with Gasteiger partial charge in [-0.05, 0) is 37.1 Å². The van der Waals surface area contributed by atoms with Crippen molar-refractivity contribution in [2.45, 2.75) is 33.0 Å². The molecule has 0 aliphatic rings. The van der Waals surface area contributed by atoms with Gasteiger partial charge in [-0.25, -0.2) is 4.79 Å². The lowest BCUT2D eigenvalue weighted by molar-refractivity contribution is -0.165. The van der Waals surface area contributed by atoms with Crippen molar-refractivity contribution in [3.05, 3.63) is 42.1 Å². The van der Waals surface area contributed by atoms with Crippen LogP contribution < -0.4 is 10.6 Å². The fourth-order valence-electron chi connectivity index (χ4n) is 2.02. The Hall–Kier alpha value is -2.84. The largest absolute Gasteiger partial charge is 0.462 e. The summed E-state index contributed by atoms with van der Waals surface area (Å²) in [5.74, 6) is -3.28. The molecule has 27 heavy (non-hydrogen) atoms. The van der Waals surface area contributed by atoms with E-state index in [1.807, 2.05) is 0 Å². The number of ether oxygens (including phenoxy) is 1. The molecule has 0 aliphatic carbocycles. The third-order valence-electron chi connectivity index (χ3n) is 3.40. The number of nitrogens with one attached hydrogen (secondary N) is 2. The van der Waals surface area contributed by atoms with Crippen LogP contribution in [0, 0.1) is 5.92 Å². The lowest BCUT2D eigenvalue weighted by Gasteiger charge is -2.20. The van der Waals surface area contributed by atoms with Crippen LogP contribution in [0.4, 0.5) is 18.9 Å². The van der Waals surface area contributed by atoms with Crippen LogP contribution >= 0.6 is 0 Å². The highest BCUT2D eigenvalue weighted by Gasteiger charge is 2.36. The van der Waals surface area contributed by atoms with Crippen LogP contribution in [0.2, 0.25) is 0 Å². The Kier molecular flexibility index (Phi) is 8.01. The van der Waals surface area contributed by atoms with Gasteiger partial charge in [-0.15, -0.1) is 0 Å². The van der Waals surface area contributed by atoms with Crippen LogP contribution in [0.5, 0.6) is 0 Å². The molecule has 0 aliphatic heterocycles. The first-order chi connectivity index (χ1) is 12.6. The predicted molar refractivity (Wildman–Crippen MR) is 93.0 cm³/mol. The summed E-state index contributed by atoms with van der Waals surface area (Å²) in [5, 5.41) is 5.10. The summed E-state index contributed by atoms with van der Waals surface area (Å²) in [6.07, 6.45) is -3.82. The van der Waals surface area contributed by atoms with Crippen molar-refractivity contribution in [2.24, 2.45) is 5.92 Å². The number of alkyl halides is 3. The number of benzene rings is 1. The van der Waals surface area contributed by atoms with Gasteiger partial charge < -0.3 is 15.4 Å². The van der Waals surface area contributed by atoms with Crippen LogP contribution in [-0.4, -0.2) is 36.5 Å². The second-order valence-corrected chi connectivity index (χ2v) is 5.87. The molecule has 0 heterocycles. The lowest BCUT2D eigenvalue weighted by atomic mass is 10.0. The van der Waals surface area contributed by atoms with Crippen molar-refractivity contribution in [2.75, 3.05) is 11.9 Å². The molecule has 0 saturated heterocycles. The van der Waals surface area contributed by atoms with E-state index < -0.39 is 29.9 Å². The average Bonchev–Trinajstić information content (AvgIpc) is 2.58. The zero-order chi connectivity index (χ0) is 20.6. The van der Waals surface area contributed by atoms with Gasteiger partial charge in [0.15, 0.2) is 0 Å². The fraction of sp³-hybridized carbons (Fsp3) is 0.389. The third kappa shape index (κ3) is 7.12. The molecule has 1 aromatic rings. The van der Waals surface area contributed by atoms with E-state index in [-0.39, 0.29) is 12.5 Å². The molecule has 0 radical (unpaired) electrons. The average molecular weight is 386 g/mol. The molecule has 0 aromatic heterocycles. The Morgan fingerprint density at radius 1 is 1.15 bits per heavy atom. The van der Waals surface area contributed by atoms with Crippen molar-refractivity contribution in [3.63, 3.8) is 0 Å². The predicted octanol–water partition coefficient (Wildman–Crippen LogP) is 3.06. The summed E-state index contributed by atoms with van der Waals surface area (Å²) in [7, 11) is 0. The number of carbonyl (C=O) groups excluding carboxylic acids is 3. The molecule has 0 bridgehead atoms. The normalized spacial score (nSPS) is 12.7. The molecule has 0 saturated carbocycles. The number of halogens is 3. The highest BCUT2D eigenvalue weighted by atomic mass is 19.4. The number of hydrogen-bond donors (Lipinski definition) is 2. The molecule has 1 amide bonds. The summed E-state index contributed by atoms with van der Waals surface area (Å²) in [5.41, 5.74) is 0.720. The molecule has 1 rings (SSSR count). The topological polar surface area (TPSA) is 84.5 Å². The number of amides is 1. The Balaban J connectivity index is 2.74. The molecule has 1 unspecified atom stereocenters. The highest BCUT2D eigenvalue weighted by molar-refractivity contribution is 5.96. The molecule has 9 heteroatoms. The molecule has 2 N–H and O–H groups in total. The summed E-state index contributed by atoms with van der Waals surface area (Å²) >= 11 is 0. The van der Waals surface area contributed by atoms with Gasteiger partial charge >= 0.3 is 12.1 Å². The summed E-state index contributed by atoms with van der Waals surface area (Å²) in [6.45, 7) is 5.31. The number of rotatable bonds is 8. The molecule has 0 spiro atoms. The quantitative estimate of drug-likeness (QED) is 0.530. The molecule has 1 atom stereocenters. The Morgan fingerprint density at radius 3 is 2.22 bits per heavy atom. The summed E-state index contributed by atoms with van der Waals surface area (Å²) in [6, 6.07) is 5.10. The number of allylic oxidation sites excluding steroid dienone is 1. The summed E-state index contributed by atoms with van der Waals surface area (Å²) < 4.78 is 41.4. The molecular weight excluding hydrogens is 365 g/mol. The Bertz CT molecular complexity index is 698. The molecule has 1 aromatic carbocycles. The number of carbonyl (C=O) groups is 3. The van der Waals surface area contributed by atoms with E-state index in [0.717, 1.165) is 6.20 Å². The second kappa shape index (κ2) is 9.75. The van der Waals surface area contributed by atoms with Crippen LogP contribution in [0.3, 0.4) is 0 Å². The van der Waals surface area contributed by atoms with Gasteiger partial charge in [-0.3, -0.25) is 9.59 Å². The van der Waals surface area contributed by atoms with E-state index in [9.17, 15) is 27.6 Å². The maximum absolute atomic E-state index is 12.3. The van der Waals surface area contributed by atoms with Crippen LogP contribution in [0.15, 0.2) is 36.5 Å². The van der Waals surface area contributed by atoms with Gasteiger partial charge in [0.1, 0.15) is 6.04 Å². The minimum atomic E-state index is -4.96. The van der Waals surface area contributed by atoms with E-state index >= 15 is 0 Å². The van der Waals surface area contributed by atoms with Gasteiger partial charge in [-0.2, -0.15) is 13.2 Å². The Labute approximate surface area is 154 Å². The van der Waals surface area contributed by atoms with Gasteiger partial charge in [0.2, 0.25) is 5.91 Å². The SMILES string of the molecule is CCOC(=O)c1ccc(NC(=O)C(N/C=C/C(=O)C(F)(F)F)C(C)C)cc1. The summed E-state index contributed by atoms with van der Waals surface area (Å²) in [4.78, 5) is 34.7. The first-order valence-corrected chi connectivity index (χ1v) is 8.18. The molecular formula is C18H21F3N2O4. The van der Waals surface area contributed by atoms with Crippen molar-refractivity contribution in [1.82, 2.24) is 5.32 Å². The van der Waals surface area contributed by atoms with E-state index in [0.29, 0.717) is 17.3 Å². The van der Waals surface area contributed by atoms with Crippen LogP contribution in [0.1, 0.15) is 31.1 Å². The molecule has 0 fully saturated rings. The van der Waals surface area contributed by atoms with Crippen LogP contribution in [0.25, 0.3) is 0 Å². The first-order valence-electron chi connectivity index (χ1n) is 8.18. The fourth-order valence-corrected chi connectivity index (χ4v) is 2.02. The number of esters is 1. The zero-order valence-corrected chi connectivity index (χ0v) is 15.1. The van der Waals surface area contributed by atoms with Gasteiger partial charge in [0.25, 0.3) is 5.78 Å². The smallest absolute Gasteiger partial charge is 0.454 e. The highest BCUT2D eigenvalue weighted by Crippen LogP contribution is 2.16. The van der Waals surface area contributed by atoms with E-state index in [2.05, 4.69) is 10.6 Å². The van der Waals surface area contributed by atoms with E-state index in [4.69, 9.17) is 4.74 Å². The van der Waals surface area contributed by atoms with Crippen molar-refractivity contribution in [3.8, 4) is 0 Å². The van der Waals surface area contributed by atoms with Gasteiger partial charge in [-0.1, -0.05) is 13.8 Å². The third-order valence-corrected chi connectivity index (χ3v) is 3.40. The Morgan fingerprint density at radius 2 is 1.74 bits per heavy atom. The molecule has 148 valence electrons. The zero-order valence-electron chi connectivity index (χ0n) is 15.1. The maximum atomic E-state index is 12.3. The lowest BCUT2D eigenvalue weighted by Crippen LogP contribution is -2.42. The molecule has 6 nitrogen and oxygen atoms in total. The number of anilines is 1. The van der Waals surface area contributed by atoms with Crippen LogP contribution in [-0.2, 0) is 14.3 Å². The minimum absolute atomic E-state index is 0.240. The van der Waals surface area contributed by atoms with Crippen molar-refractivity contribution in [1.29, 1.82) is 0 Å². The number of hydrogen-bond acceptors (Lipinski definition) is 5. The number of ketones is 1. The first kappa shape index (κ1) is 22.2.